The van der Waals surface area contributed by atoms with E-state index in [1.807, 2.05) is 23.1 Å². The van der Waals surface area contributed by atoms with Crippen LogP contribution in [0.25, 0.3) is 0 Å². The molecule has 0 radical (unpaired) electrons. The van der Waals surface area contributed by atoms with Crippen molar-refractivity contribution in [3.8, 4) is 0 Å². The fraction of sp³-hybridized carbons (Fsp3) is 0.438. The molecule has 3 heteroatoms. The first-order valence-corrected chi connectivity index (χ1v) is 6.82. The molecule has 2 fully saturated rings. The highest BCUT2D eigenvalue weighted by Gasteiger charge is 2.54. The normalized spacial score (nSPS) is 31.7. The molecular weight excluding hydrogens is 236 g/mol. The van der Waals surface area contributed by atoms with Crippen molar-refractivity contribution in [2.75, 3.05) is 6.54 Å². The fourth-order valence-electron chi connectivity index (χ4n) is 3.49. The van der Waals surface area contributed by atoms with Crippen LogP contribution < -0.4 is 5.73 Å². The summed E-state index contributed by atoms with van der Waals surface area (Å²) in [4.78, 5) is 14.5. The van der Waals surface area contributed by atoms with Crippen LogP contribution in [0, 0.1) is 5.92 Å². The largest absolute Gasteiger partial charge is 0.334 e. The fourth-order valence-corrected chi connectivity index (χ4v) is 3.49. The van der Waals surface area contributed by atoms with Crippen molar-refractivity contribution in [3.05, 3.63) is 48.0 Å². The van der Waals surface area contributed by atoms with Gasteiger partial charge in [-0.25, -0.2) is 0 Å². The standard InChI is InChI=1S/C16H20N2O/c1-11-8-14-15(19)18(10-16(14,17)9-11)12(2)13-6-4-3-5-7-13/h3-7,12,14H,1,8-10,17H2,2H3/t12?,14-,16-/m1/s1. The number of benzene rings is 1. The zero-order chi connectivity index (χ0) is 13.6. The van der Waals surface area contributed by atoms with Gasteiger partial charge in [0, 0.05) is 12.1 Å². The Balaban J connectivity index is 1.85. The van der Waals surface area contributed by atoms with E-state index in [1.54, 1.807) is 0 Å². The van der Waals surface area contributed by atoms with E-state index in [9.17, 15) is 4.79 Å². The number of fused-ring (bicyclic) bond motifs is 1. The molecule has 3 rings (SSSR count). The SMILES string of the molecule is C=C1C[C@@H]2C(=O)N(C(C)c3ccccc3)C[C@]2(N)C1. The second-order valence-corrected chi connectivity index (χ2v) is 5.97. The van der Waals surface area contributed by atoms with Gasteiger partial charge in [0.1, 0.15) is 0 Å². The first kappa shape index (κ1) is 12.4. The number of nitrogens with zero attached hydrogens (tertiary/aromatic N) is 1. The van der Waals surface area contributed by atoms with E-state index in [-0.39, 0.29) is 17.9 Å². The van der Waals surface area contributed by atoms with Gasteiger partial charge in [0.15, 0.2) is 0 Å². The van der Waals surface area contributed by atoms with E-state index in [0.717, 1.165) is 18.4 Å². The zero-order valence-electron chi connectivity index (χ0n) is 11.3. The van der Waals surface area contributed by atoms with Crippen LogP contribution in [-0.4, -0.2) is 22.9 Å². The van der Waals surface area contributed by atoms with E-state index >= 15 is 0 Å². The molecule has 0 spiro atoms. The molecule has 1 unspecified atom stereocenters. The van der Waals surface area contributed by atoms with Gasteiger partial charge in [0.2, 0.25) is 5.91 Å². The van der Waals surface area contributed by atoms with Gasteiger partial charge in [-0.05, 0) is 25.3 Å². The third kappa shape index (κ3) is 1.89. The van der Waals surface area contributed by atoms with Crippen molar-refractivity contribution in [1.29, 1.82) is 0 Å². The van der Waals surface area contributed by atoms with Gasteiger partial charge < -0.3 is 10.6 Å². The molecule has 1 saturated carbocycles. The number of rotatable bonds is 2. The third-order valence-electron chi connectivity index (χ3n) is 4.56. The minimum Gasteiger partial charge on any atom is -0.334 e. The summed E-state index contributed by atoms with van der Waals surface area (Å²) in [6, 6.07) is 10.2. The van der Waals surface area contributed by atoms with Gasteiger partial charge in [-0.1, -0.05) is 42.5 Å². The Morgan fingerprint density at radius 2 is 2.11 bits per heavy atom. The average Bonchev–Trinajstić information content (AvgIpc) is 2.82. The summed E-state index contributed by atoms with van der Waals surface area (Å²) in [6.07, 6.45) is 1.54. The quantitative estimate of drug-likeness (QED) is 0.825. The summed E-state index contributed by atoms with van der Waals surface area (Å²) < 4.78 is 0. The molecule has 1 saturated heterocycles. The van der Waals surface area contributed by atoms with Gasteiger partial charge in [0.25, 0.3) is 0 Å². The molecule has 3 atom stereocenters. The van der Waals surface area contributed by atoms with Gasteiger partial charge in [-0.3, -0.25) is 4.79 Å². The molecular formula is C16H20N2O. The molecule has 100 valence electrons. The van der Waals surface area contributed by atoms with Crippen molar-refractivity contribution in [2.45, 2.75) is 31.3 Å². The maximum Gasteiger partial charge on any atom is 0.228 e. The van der Waals surface area contributed by atoms with Crippen LogP contribution in [0.2, 0.25) is 0 Å². The van der Waals surface area contributed by atoms with Crippen molar-refractivity contribution in [2.24, 2.45) is 11.7 Å². The molecule has 1 aliphatic carbocycles. The second kappa shape index (κ2) is 4.20. The monoisotopic (exact) mass is 256 g/mol. The van der Waals surface area contributed by atoms with Crippen LogP contribution in [0.15, 0.2) is 42.5 Å². The van der Waals surface area contributed by atoms with E-state index in [2.05, 4.69) is 25.6 Å². The summed E-state index contributed by atoms with van der Waals surface area (Å²) in [5.41, 5.74) is 8.32. The number of hydrogen-bond donors (Lipinski definition) is 1. The summed E-state index contributed by atoms with van der Waals surface area (Å²) in [7, 11) is 0. The average molecular weight is 256 g/mol. The van der Waals surface area contributed by atoms with Crippen LogP contribution in [0.5, 0.6) is 0 Å². The molecule has 1 amide bonds. The zero-order valence-corrected chi connectivity index (χ0v) is 11.3. The molecule has 2 N–H and O–H groups in total. The Kier molecular flexibility index (Phi) is 2.75. The van der Waals surface area contributed by atoms with Crippen LogP contribution in [0.1, 0.15) is 31.4 Å². The van der Waals surface area contributed by atoms with E-state index in [4.69, 9.17) is 5.73 Å². The van der Waals surface area contributed by atoms with Gasteiger partial charge in [0.05, 0.1) is 12.0 Å². The molecule has 1 aromatic carbocycles. The summed E-state index contributed by atoms with van der Waals surface area (Å²) in [5.74, 6) is 0.128. The maximum atomic E-state index is 12.6. The lowest BCUT2D eigenvalue weighted by atomic mass is 9.92. The van der Waals surface area contributed by atoms with Crippen molar-refractivity contribution < 1.29 is 4.79 Å². The first-order valence-electron chi connectivity index (χ1n) is 6.82. The highest BCUT2D eigenvalue weighted by molar-refractivity contribution is 5.85. The van der Waals surface area contributed by atoms with Crippen LogP contribution in [-0.2, 0) is 4.79 Å². The predicted molar refractivity (Wildman–Crippen MR) is 75.4 cm³/mol. The van der Waals surface area contributed by atoms with Crippen molar-refractivity contribution in [1.82, 2.24) is 4.90 Å². The number of carbonyl (C=O) groups is 1. The number of hydrogen-bond acceptors (Lipinski definition) is 2. The van der Waals surface area contributed by atoms with E-state index < -0.39 is 5.54 Å². The Bertz CT molecular complexity index is 525. The minimum absolute atomic E-state index is 0.0637. The lowest BCUT2D eigenvalue weighted by Gasteiger charge is -2.27. The highest BCUT2D eigenvalue weighted by Crippen LogP contribution is 2.45. The van der Waals surface area contributed by atoms with Gasteiger partial charge in [-0.15, -0.1) is 0 Å². The second-order valence-electron chi connectivity index (χ2n) is 5.97. The number of likely N-dealkylation sites (tertiary alicyclic amines) is 1. The molecule has 0 bridgehead atoms. The van der Waals surface area contributed by atoms with E-state index in [1.165, 1.54) is 5.56 Å². The summed E-state index contributed by atoms with van der Waals surface area (Å²) >= 11 is 0. The Hall–Kier alpha value is -1.61. The molecule has 1 aliphatic heterocycles. The molecule has 1 aromatic rings. The predicted octanol–water partition coefficient (Wildman–Crippen LogP) is 2.25. The van der Waals surface area contributed by atoms with E-state index in [0.29, 0.717) is 6.54 Å². The Morgan fingerprint density at radius 3 is 2.74 bits per heavy atom. The molecule has 3 nitrogen and oxygen atoms in total. The van der Waals surface area contributed by atoms with Gasteiger partial charge >= 0.3 is 0 Å². The number of nitrogens with two attached hydrogens (primary N) is 1. The number of amides is 1. The Morgan fingerprint density at radius 1 is 1.42 bits per heavy atom. The third-order valence-corrected chi connectivity index (χ3v) is 4.56. The lowest BCUT2D eigenvalue weighted by molar-refractivity contribution is -0.132. The maximum absolute atomic E-state index is 12.6. The minimum atomic E-state index is -0.392. The molecule has 19 heavy (non-hydrogen) atoms. The van der Waals surface area contributed by atoms with Gasteiger partial charge in [-0.2, -0.15) is 0 Å². The van der Waals surface area contributed by atoms with Crippen LogP contribution in [0.3, 0.4) is 0 Å². The smallest absolute Gasteiger partial charge is 0.228 e. The topological polar surface area (TPSA) is 46.3 Å². The first-order chi connectivity index (χ1) is 9.01. The molecule has 2 aliphatic rings. The lowest BCUT2D eigenvalue weighted by Crippen LogP contribution is -2.44. The summed E-state index contributed by atoms with van der Waals surface area (Å²) in [6.45, 7) is 6.71. The van der Waals surface area contributed by atoms with Crippen LogP contribution in [0.4, 0.5) is 0 Å². The molecule has 0 aromatic heterocycles. The molecule has 1 heterocycles. The van der Waals surface area contributed by atoms with Crippen molar-refractivity contribution in [3.63, 3.8) is 0 Å². The summed E-state index contributed by atoms with van der Waals surface area (Å²) in [5, 5.41) is 0. The van der Waals surface area contributed by atoms with Crippen LogP contribution >= 0.6 is 0 Å². The highest BCUT2D eigenvalue weighted by atomic mass is 16.2. The Labute approximate surface area is 114 Å². The van der Waals surface area contributed by atoms with Crippen molar-refractivity contribution >= 4 is 5.91 Å². The number of carbonyl (C=O) groups excluding carboxylic acids is 1.